The minimum atomic E-state index is 0.263. The van der Waals surface area contributed by atoms with Crippen molar-refractivity contribution >= 4 is 11.6 Å². The molecule has 0 atom stereocenters. The molecular formula is C11H10ClN3O. The fourth-order valence-corrected chi connectivity index (χ4v) is 1.29. The number of halogens is 1. The van der Waals surface area contributed by atoms with E-state index < -0.39 is 0 Å². The molecule has 16 heavy (non-hydrogen) atoms. The Morgan fingerprint density at radius 1 is 1.25 bits per heavy atom. The quantitative estimate of drug-likeness (QED) is 0.887. The lowest BCUT2D eigenvalue weighted by Crippen LogP contribution is -1.97. The molecule has 0 aliphatic carbocycles. The summed E-state index contributed by atoms with van der Waals surface area (Å²) < 4.78 is 5.44. The fraction of sp³-hybridized carbons (Fsp3) is 0.0909. The van der Waals surface area contributed by atoms with Crippen LogP contribution in [0.5, 0.6) is 11.8 Å². The maximum Gasteiger partial charge on any atom is 0.321 e. The average molecular weight is 236 g/mol. The molecule has 0 amide bonds. The van der Waals surface area contributed by atoms with Gasteiger partial charge in [-0.25, -0.2) is 9.97 Å². The Bertz CT molecular complexity index is 473. The molecule has 0 saturated heterocycles. The topological polar surface area (TPSA) is 61.0 Å². The molecule has 0 aliphatic rings. The Morgan fingerprint density at radius 2 is 2.00 bits per heavy atom. The number of nitrogens with zero attached hydrogens (tertiary/aromatic N) is 2. The Kier molecular flexibility index (Phi) is 3.34. The highest BCUT2D eigenvalue weighted by molar-refractivity contribution is 6.30. The molecule has 2 rings (SSSR count). The maximum atomic E-state index is 5.67. The Morgan fingerprint density at radius 3 is 2.69 bits per heavy atom. The number of nitrogens with two attached hydrogens (primary N) is 1. The second kappa shape index (κ2) is 4.92. The fourth-order valence-electron chi connectivity index (χ4n) is 1.19. The third-order valence-electron chi connectivity index (χ3n) is 1.94. The van der Waals surface area contributed by atoms with Gasteiger partial charge < -0.3 is 10.5 Å². The van der Waals surface area contributed by atoms with E-state index in [1.54, 1.807) is 0 Å². The zero-order valence-electron chi connectivity index (χ0n) is 8.43. The van der Waals surface area contributed by atoms with Crippen LogP contribution in [0.25, 0.3) is 0 Å². The van der Waals surface area contributed by atoms with E-state index in [1.807, 2.05) is 24.3 Å². The molecule has 1 aromatic heterocycles. The smallest absolute Gasteiger partial charge is 0.321 e. The molecule has 82 valence electrons. The standard InChI is InChI=1S/C11H10ClN3O/c12-9-6-14-11(15-7-9)16-10-3-1-2-8(4-10)5-13/h1-4,6-7H,5,13H2. The first-order valence-electron chi connectivity index (χ1n) is 4.72. The highest BCUT2D eigenvalue weighted by Crippen LogP contribution is 2.19. The predicted molar refractivity (Wildman–Crippen MR) is 61.4 cm³/mol. The molecule has 0 aliphatic heterocycles. The maximum absolute atomic E-state index is 5.67. The van der Waals surface area contributed by atoms with Gasteiger partial charge in [-0.3, -0.25) is 0 Å². The summed E-state index contributed by atoms with van der Waals surface area (Å²) in [5.41, 5.74) is 6.52. The molecule has 1 heterocycles. The highest BCUT2D eigenvalue weighted by Gasteiger charge is 2.00. The largest absolute Gasteiger partial charge is 0.424 e. The van der Waals surface area contributed by atoms with Crippen LogP contribution in [0.3, 0.4) is 0 Å². The molecule has 5 heteroatoms. The van der Waals surface area contributed by atoms with Crippen molar-refractivity contribution in [2.24, 2.45) is 5.73 Å². The van der Waals surface area contributed by atoms with Crippen LogP contribution in [0.4, 0.5) is 0 Å². The SMILES string of the molecule is NCc1cccc(Oc2ncc(Cl)cn2)c1. The van der Waals surface area contributed by atoms with Gasteiger partial charge in [0.1, 0.15) is 5.75 Å². The minimum absolute atomic E-state index is 0.263. The van der Waals surface area contributed by atoms with Crippen molar-refractivity contribution in [3.8, 4) is 11.8 Å². The zero-order chi connectivity index (χ0) is 11.4. The molecule has 0 unspecified atom stereocenters. The van der Waals surface area contributed by atoms with E-state index in [4.69, 9.17) is 22.1 Å². The van der Waals surface area contributed by atoms with Crippen molar-refractivity contribution < 1.29 is 4.74 Å². The van der Waals surface area contributed by atoms with Gasteiger partial charge >= 0.3 is 6.01 Å². The molecule has 2 aromatic rings. The summed E-state index contributed by atoms with van der Waals surface area (Å²) in [6.45, 7) is 0.471. The van der Waals surface area contributed by atoms with Gasteiger partial charge in [0.05, 0.1) is 17.4 Å². The molecule has 0 radical (unpaired) electrons. The van der Waals surface area contributed by atoms with Gasteiger partial charge in [-0.05, 0) is 17.7 Å². The first-order valence-corrected chi connectivity index (χ1v) is 5.10. The zero-order valence-corrected chi connectivity index (χ0v) is 9.19. The van der Waals surface area contributed by atoms with Crippen molar-refractivity contribution in [1.82, 2.24) is 9.97 Å². The summed E-state index contributed by atoms with van der Waals surface area (Å²) in [7, 11) is 0. The summed E-state index contributed by atoms with van der Waals surface area (Å²) in [5, 5.41) is 0.475. The summed E-state index contributed by atoms with van der Waals surface area (Å²) in [6, 6.07) is 7.72. The first-order chi connectivity index (χ1) is 7.78. The van der Waals surface area contributed by atoms with Crippen LogP contribution in [0.15, 0.2) is 36.7 Å². The Labute approximate surface area is 98.0 Å². The molecule has 0 bridgehead atoms. The predicted octanol–water partition coefficient (Wildman–Crippen LogP) is 2.38. The van der Waals surface area contributed by atoms with E-state index in [1.165, 1.54) is 12.4 Å². The van der Waals surface area contributed by atoms with Gasteiger partial charge in [-0.15, -0.1) is 0 Å². The molecule has 2 N–H and O–H groups in total. The number of aromatic nitrogens is 2. The number of benzene rings is 1. The van der Waals surface area contributed by atoms with Crippen LogP contribution < -0.4 is 10.5 Å². The van der Waals surface area contributed by atoms with E-state index in [0.717, 1.165) is 5.56 Å². The van der Waals surface area contributed by atoms with Crippen molar-refractivity contribution in [3.63, 3.8) is 0 Å². The van der Waals surface area contributed by atoms with E-state index in [-0.39, 0.29) is 6.01 Å². The van der Waals surface area contributed by atoms with Gasteiger partial charge in [-0.2, -0.15) is 0 Å². The molecule has 0 spiro atoms. The van der Waals surface area contributed by atoms with Crippen LogP contribution in [-0.4, -0.2) is 9.97 Å². The second-order valence-electron chi connectivity index (χ2n) is 3.14. The number of hydrogen-bond donors (Lipinski definition) is 1. The van der Waals surface area contributed by atoms with E-state index in [2.05, 4.69) is 9.97 Å². The third kappa shape index (κ3) is 2.68. The van der Waals surface area contributed by atoms with Crippen LogP contribution >= 0.6 is 11.6 Å². The molecule has 0 fully saturated rings. The summed E-state index contributed by atoms with van der Waals surface area (Å²) >= 11 is 5.67. The number of rotatable bonds is 3. The van der Waals surface area contributed by atoms with Gasteiger partial charge in [0, 0.05) is 6.54 Å². The lowest BCUT2D eigenvalue weighted by Gasteiger charge is -2.04. The molecule has 0 saturated carbocycles. The number of hydrogen-bond acceptors (Lipinski definition) is 4. The van der Waals surface area contributed by atoms with Crippen molar-refractivity contribution in [2.45, 2.75) is 6.54 Å². The first kappa shape index (κ1) is 10.9. The summed E-state index contributed by atoms with van der Waals surface area (Å²) in [6.07, 6.45) is 2.97. The Balaban J connectivity index is 2.16. The minimum Gasteiger partial charge on any atom is -0.424 e. The molecule has 4 nitrogen and oxygen atoms in total. The van der Waals surface area contributed by atoms with E-state index in [9.17, 15) is 0 Å². The second-order valence-corrected chi connectivity index (χ2v) is 3.57. The van der Waals surface area contributed by atoms with Gasteiger partial charge in [0.2, 0.25) is 0 Å². The van der Waals surface area contributed by atoms with Crippen LogP contribution in [0, 0.1) is 0 Å². The molecule has 1 aromatic carbocycles. The van der Waals surface area contributed by atoms with Gasteiger partial charge in [-0.1, -0.05) is 23.7 Å². The van der Waals surface area contributed by atoms with Crippen LogP contribution in [0.1, 0.15) is 5.56 Å². The lowest BCUT2D eigenvalue weighted by molar-refractivity contribution is 0.441. The van der Waals surface area contributed by atoms with E-state index in [0.29, 0.717) is 17.3 Å². The van der Waals surface area contributed by atoms with E-state index >= 15 is 0 Å². The highest BCUT2D eigenvalue weighted by atomic mass is 35.5. The van der Waals surface area contributed by atoms with Crippen molar-refractivity contribution in [3.05, 3.63) is 47.2 Å². The van der Waals surface area contributed by atoms with Crippen molar-refractivity contribution in [1.29, 1.82) is 0 Å². The molecular weight excluding hydrogens is 226 g/mol. The van der Waals surface area contributed by atoms with Gasteiger partial charge in [0.15, 0.2) is 0 Å². The van der Waals surface area contributed by atoms with Gasteiger partial charge in [0.25, 0.3) is 0 Å². The lowest BCUT2D eigenvalue weighted by atomic mass is 10.2. The van der Waals surface area contributed by atoms with Crippen LogP contribution in [0.2, 0.25) is 5.02 Å². The average Bonchev–Trinajstić information content (AvgIpc) is 2.32. The van der Waals surface area contributed by atoms with Crippen LogP contribution in [-0.2, 0) is 6.54 Å². The normalized spacial score (nSPS) is 10.1. The number of ether oxygens (including phenoxy) is 1. The monoisotopic (exact) mass is 235 g/mol. The summed E-state index contributed by atoms with van der Waals surface area (Å²) in [5.74, 6) is 0.658. The third-order valence-corrected chi connectivity index (χ3v) is 2.14. The van der Waals surface area contributed by atoms with Crippen molar-refractivity contribution in [2.75, 3.05) is 0 Å². The Hall–Kier alpha value is -1.65. The summed E-state index contributed by atoms with van der Waals surface area (Å²) in [4.78, 5) is 7.87.